The van der Waals surface area contributed by atoms with Crippen LogP contribution in [0.2, 0.25) is 0 Å². The molecule has 1 fully saturated rings. The Morgan fingerprint density at radius 1 is 1.23 bits per heavy atom. The molecular weight excluding hydrogens is 420 g/mol. The molecule has 0 radical (unpaired) electrons. The van der Waals surface area contributed by atoms with Crippen molar-refractivity contribution >= 4 is 33.6 Å². The van der Waals surface area contributed by atoms with Crippen molar-refractivity contribution in [1.82, 2.24) is 10.2 Å². The largest absolute Gasteiger partial charge is 0.461 e. The highest BCUT2D eigenvalue weighted by molar-refractivity contribution is 7.92. The predicted octanol–water partition coefficient (Wildman–Crippen LogP) is -0.737. The number of amides is 2. The van der Waals surface area contributed by atoms with Crippen LogP contribution in [0, 0.1) is 0 Å². The first-order valence-corrected chi connectivity index (χ1v) is 10.9. The number of carbonyl (C=O) groups is 4. The monoisotopic (exact) mass is 446 g/mol. The van der Waals surface area contributed by atoms with Crippen molar-refractivity contribution in [2.24, 2.45) is 0 Å². The van der Waals surface area contributed by atoms with Crippen LogP contribution in [0.15, 0.2) is 11.3 Å². The van der Waals surface area contributed by atoms with Gasteiger partial charge in [0.25, 0.3) is 11.8 Å². The van der Waals surface area contributed by atoms with Crippen molar-refractivity contribution in [2.45, 2.75) is 51.2 Å². The summed E-state index contributed by atoms with van der Waals surface area (Å²) >= 11 is 0. The molecule has 2 rings (SSSR count). The van der Waals surface area contributed by atoms with E-state index in [1.165, 1.54) is 7.11 Å². The Balaban J connectivity index is 2.22. The zero-order chi connectivity index (χ0) is 22.9. The van der Waals surface area contributed by atoms with Gasteiger partial charge in [-0.15, -0.1) is 0 Å². The van der Waals surface area contributed by atoms with E-state index < -0.39 is 63.0 Å². The second kappa shape index (κ2) is 8.72. The maximum absolute atomic E-state index is 12.8. The Labute approximate surface area is 174 Å². The maximum atomic E-state index is 12.8. The fourth-order valence-electron chi connectivity index (χ4n) is 3.13. The lowest BCUT2D eigenvalue weighted by atomic mass is 10.0. The summed E-state index contributed by atoms with van der Waals surface area (Å²) in [5.74, 6) is -3.22. The van der Waals surface area contributed by atoms with E-state index in [1.807, 2.05) is 0 Å². The highest BCUT2D eigenvalue weighted by Gasteiger charge is 2.60. The normalized spacial score (nSPS) is 22.7. The molecule has 2 aliphatic heterocycles. The third-order valence-corrected chi connectivity index (χ3v) is 6.21. The van der Waals surface area contributed by atoms with E-state index in [0.717, 1.165) is 11.8 Å². The van der Waals surface area contributed by atoms with E-state index in [9.17, 15) is 27.6 Å². The van der Waals surface area contributed by atoms with Crippen LogP contribution in [0.25, 0.3) is 0 Å². The van der Waals surface area contributed by atoms with Gasteiger partial charge in [-0.05, 0) is 20.8 Å². The summed E-state index contributed by atoms with van der Waals surface area (Å²) in [6.45, 7) is 5.71. The Hall–Kier alpha value is -2.47. The van der Waals surface area contributed by atoms with Crippen molar-refractivity contribution in [3.63, 3.8) is 0 Å². The van der Waals surface area contributed by atoms with Crippen molar-refractivity contribution in [1.29, 1.82) is 0 Å². The summed E-state index contributed by atoms with van der Waals surface area (Å²) in [4.78, 5) is 49.0. The van der Waals surface area contributed by atoms with Crippen molar-refractivity contribution in [3.8, 4) is 0 Å². The quantitative estimate of drug-likeness (QED) is 0.395. The number of hydrogen-bond acceptors (Lipinski definition) is 9. The minimum absolute atomic E-state index is 0.0286. The fourth-order valence-corrected chi connectivity index (χ4v) is 5.14. The van der Waals surface area contributed by atoms with Gasteiger partial charge in [-0.2, -0.15) is 0 Å². The summed E-state index contributed by atoms with van der Waals surface area (Å²) in [7, 11) is -2.66. The van der Waals surface area contributed by atoms with Crippen LogP contribution in [0.5, 0.6) is 0 Å². The van der Waals surface area contributed by atoms with Gasteiger partial charge in [0, 0.05) is 26.2 Å². The zero-order valence-electron chi connectivity index (χ0n) is 17.5. The highest BCUT2D eigenvalue weighted by atomic mass is 32.2. The lowest BCUT2D eigenvalue weighted by Crippen LogP contribution is -2.71. The number of sulfone groups is 1. The minimum Gasteiger partial charge on any atom is -0.461 e. The molecule has 0 bridgehead atoms. The summed E-state index contributed by atoms with van der Waals surface area (Å²) in [6.07, 6.45) is -1.33. The van der Waals surface area contributed by atoms with Gasteiger partial charge in [0.1, 0.15) is 17.9 Å². The van der Waals surface area contributed by atoms with Crippen LogP contribution in [0.4, 0.5) is 0 Å². The maximum Gasteiger partial charge on any atom is 0.308 e. The number of hydrogen-bond donors (Lipinski definition) is 1. The van der Waals surface area contributed by atoms with E-state index >= 15 is 0 Å². The van der Waals surface area contributed by atoms with E-state index in [2.05, 4.69) is 5.32 Å². The smallest absolute Gasteiger partial charge is 0.308 e. The number of carbonyl (C=O) groups excluding carboxylic acids is 4. The van der Waals surface area contributed by atoms with Crippen molar-refractivity contribution in [2.75, 3.05) is 26.0 Å². The van der Waals surface area contributed by atoms with E-state index in [0.29, 0.717) is 0 Å². The van der Waals surface area contributed by atoms with Gasteiger partial charge in [-0.3, -0.25) is 24.1 Å². The molecule has 0 saturated carbocycles. The molecule has 0 aromatic heterocycles. The summed E-state index contributed by atoms with van der Waals surface area (Å²) in [6, 6.07) is 0. The molecule has 12 heteroatoms. The number of ether oxygens (including phenoxy) is 3. The molecule has 11 nitrogen and oxygen atoms in total. The Morgan fingerprint density at radius 2 is 1.87 bits per heavy atom. The van der Waals surface area contributed by atoms with Gasteiger partial charge in [-0.1, -0.05) is 0 Å². The number of rotatable bonds is 7. The third-order valence-electron chi connectivity index (χ3n) is 4.27. The molecule has 0 aliphatic carbocycles. The SMILES string of the molecule is CO[C@H]1C(=O)N2C(C(=O)NCCC(=O)OC(C)(C)C)=C(COC(C)=O)CS(=O)(=O)[C@H]12. The van der Waals surface area contributed by atoms with Crippen LogP contribution < -0.4 is 5.32 Å². The number of fused-ring (bicyclic) bond motifs is 1. The fraction of sp³-hybridized carbons (Fsp3) is 0.667. The van der Waals surface area contributed by atoms with Gasteiger partial charge in [0.05, 0.1) is 12.2 Å². The number of esters is 2. The lowest BCUT2D eigenvalue weighted by molar-refractivity contribution is -0.161. The molecule has 0 aromatic carbocycles. The Morgan fingerprint density at radius 3 is 2.40 bits per heavy atom. The average molecular weight is 446 g/mol. The Bertz CT molecular complexity index is 886. The molecule has 30 heavy (non-hydrogen) atoms. The minimum atomic E-state index is -3.86. The standard InChI is InChI=1S/C18H26N2O9S/c1-10(21)28-8-11-9-30(25,26)17-14(27-5)16(24)20(17)13(11)15(23)19-7-6-12(22)29-18(2,3)4/h14,17H,6-9H2,1-5H3,(H,19,23)/t14-,17+/m0/s1. The molecular formula is C18H26N2O9S. The molecule has 2 aliphatic rings. The molecule has 168 valence electrons. The summed E-state index contributed by atoms with van der Waals surface area (Å²) < 4.78 is 40.1. The third kappa shape index (κ3) is 5.17. The highest BCUT2D eigenvalue weighted by Crippen LogP contribution is 2.38. The van der Waals surface area contributed by atoms with Gasteiger partial charge in [0.2, 0.25) is 0 Å². The first kappa shape index (κ1) is 23.8. The van der Waals surface area contributed by atoms with Gasteiger partial charge in [0.15, 0.2) is 21.3 Å². The molecule has 1 saturated heterocycles. The van der Waals surface area contributed by atoms with Gasteiger partial charge < -0.3 is 19.5 Å². The molecule has 1 N–H and O–H groups in total. The van der Waals surface area contributed by atoms with Crippen LogP contribution in [0.1, 0.15) is 34.1 Å². The van der Waals surface area contributed by atoms with Crippen molar-refractivity contribution < 1.29 is 41.8 Å². The second-order valence-corrected chi connectivity index (χ2v) is 9.98. The van der Waals surface area contributed by atoms with E-state index in [-0.39, 0.29) is 24.2 Å². The molecule has 2 heterocycles. The van der Waals surface area contributed by atoms with Gasteiger partial charge >= 0.3 is 11.9 Å². The van der Waals surface area contributed by atoms with Crippen LogP contribution >= 0.6 is 0 Å². The molecule has 0 aromatic rings. The number of nitrogens with zero attached hydrogens (tertiary/aromatic N) is 1. The van der Waals surface area contributed by atoms with Crippen LogP contribution in [-0.2, 0) is 43.2 Å². The number of β-lactam (4-membered cyclic amide) rings is 1. The number of methoxy groups -OCH3 is 1. The zero-order valence-corrected chi connectivity index (χ0v) is 18.3. The molecule has 2 atom stereocenters. The topological polar surface area (TPSA) is 145 Å². The molecule has 2 amide bonds. The molecule has 0 spiro atoms. The average Bonchev–Trinajstić information content (AvgIpc) is 2.58. The van der Waals surface area contributed by atoms with Crippen molar-refractivity contribution in [3.05, 3.63) is 11.3 Å². The van der Waals surface area contributed by atoms with E-state index in [4.69, 9.17) is 14.2 Å². The summed E-state index contributed by atoms with van der Waals surface area (Å²) in [5, 5.41) is 1.15. The Kier molecular flexibility index (Phi) is 6.92. The van der Waals surface area contributed by atoms with E-state index in [1.54, 1.807) is 20.8 Å². The first-order valence-electron chi connectivity index (χ1n) is 9.21. The predicted molar refractivity (Wildman–Crippen MR) is 102 cm³/mol. The van der Waals surface area contributed by atoms with Gasteiger partial charge in [-0.25, -0.2) is 8.42 Å². The summed E-state index contributed by atoms with van der Waals surface area (Å²) in [5.41, 5.74) is -0.914. The first-order chi connectivity index (χ1) is 13.8. The molecule has 0 unspecified atom stereocenters. The van der Waals surface area contributed by atoms with Crippen LogP contribution in [-0.4, -0.2) is 80.2 Å². The van der Waals surface area contributed by atoms with Crippen LogP contribution in [0.3, 0.4) is 0 Å². The number of nitrogens with one attached hydrogen (secondary N) is 1. The second-order valence-electron chi connectivity index (χ2n) is 7.89. The lowest BCUT2D eigenvalue weighted by Gasteiger charge is -2.48.